The Hall–Kier alpha value is -2.77. The van der Waals surface area contributed by atoms with Crippen LogP contribution in [0.4, 0.5) is 0 Å². The molecule has 0 amide bonds. The summed E-state index contributed by atoms with van der Waals surface area (Å²) in [6, 6.07) is 3.54. The van der Waals surface area contributed by atoms with E-state index in [0.717, 1.165) is 25.7 Å². The van der Waals surface area contributed by atoms with Gasteiger partial charge >= 0.3 is 11.7 Å². The second-order valence-corrected chi connectivity index (χ2v) is 6.23. The predicted molar refractivity (Wildman–Crippen MR) is 90.6 cm³/mol. The largest absolute Gasteiger partial charge is 0.462 e. The lowest BCUT2D eigenvalue weighted by atomic mass is 9.96. The number of ether oxygens (including phenoxy) is 1. The summed E-state index contributed by atoms with van der Waals surface area (Å²) in [5.41, 5.74) is 1.06. The molecule has 8 nitrogen and oxygen atoms in total. The number of rotatable bonds is 3. The van der Waals surface area contributed by atoms with Crippen LogP contribution in [0.1, 0.15) is 55.4 Å². The highest BCUT2D eigenvalue weighted by Gasteiger charge is 2.26. The highest BCUT2D eigenvalue weighted by molar-refractivity contribution is 6.09. The van der Waals surface area contributed by atoms with Gasteiger partial charge in [-0.2, -0.15) is 4.68 Å². The zero-order valence-electron chi connectivity index (χ0n) is 14.0. The topological polar surface area (TPSA) is 91.4 Å². The molecular weight excluding hydrogens is 322 g/mol. The Bertz CT molecular complexity index is 1000. The van der Waals surface area contributed by atoms with E-state index in [1.807, 2.05) is 0 Å². The summed E-state index contributed by atoms with van der Waals surface area (Å²) in [7, 11) is 0. The summed E-state index contributed by atoms with van der Waals surface area (Å²) in [6.45, 7) is 1.96. The molecule has 3 aromatic rings. The van der Waals surface area contributed by atoms with Gasteiger partial charge in [-0.15, -0.1) is 5.10 Å². The van der Waals surface area contributed by atoms with Crippen LogP contribution in [0.5, 0.6) is 0 Å². The van der Waals surface area contributed by atoms with Crippen LogP contribution in [-0.4, -0.2) is 37.0 Å². The van der Waals surface area contributed by atoms with E-state index in [-0.39, 0.29) is 29.5 Å². The van der Waals surface area contributed by atoms with Crippen LogP contribution < -0.4 is 5.69 Å². The number of pyridine rings is 1. The predicted octanol–water partition coefficient (Wildman–Crippen LogP) is 2.12. The molecule has 25 heavy (non-hydrogen) atoms. The van der Waals surface area contributed by atoms with Crippen molar-refractivity contribution in [2.45, 2.75) is 45.1 Å². The maximum Gasteiger partial charge on any atom is 0.352 e. The van der Waals surface area contributed by atoms with E-state index in [2.05, 4.69) is 15.3 Å². The first-order chi connectivity index (χ1) is 12.2. The van der Waals surface area contributed by atoms with E-state index in [4.69, 9.17) is 4.74 Å². The van der Waals surface area contributed by atoms with E-state index < -0.39 is 5.97 Å². The molecule has 0 atom stereocenters. The summed E-state index contributed by atoms with van der Waals surface area (Å²) in [6.07, 6.45) is 6.77. The fourth-order valence-corrected chi connectivity index (χ4v) is 3.57. The molecule has 1 fully saturated rings. The van der Waals surface area contributed by atoms with Gasteiger partial charge in [0.25, 0.3) is 0 Å². The number of aromatic nitrogens is 5. The fourth-order valence-electron chi connectivity index (χ4n) is 3.57. The Labute approximate surface area is 143 Å². The van der Waals surface area contributed by atoms with Crippen molar-refractivity contribution in [3.63, 3.8) is 0 Å². The minimum atomic E-state index is -0.544. The van der Waals surface area contributed by atoms with E-state index in [0.29, 0.717) is 11.0 Å². The number of carbonyl (C=O) groups is 1. The lowest BCUT2D eigenvalue weighted by molar-refractivity contribution is 0.0530. The van der Waals surface area contributed by atoms with Crippen LogP contribution >= 0.6 is 0 Å². The maximum atomic E-state index is 13.1. The number of nitrogens with zero attached hydrogens (tertiary/aromatic N) is 5. The smallest absolute Gasteiger partial charge is 0.352 e. The maximum absolute atomic E-state index is 13.1. The van der Waals surface area contributed by atoms with Gasteiger partial charge in [0.15, 0.2) is 5.65 Å². The third-order valence-electron chi connectivity index (χ3n) is 4.72. The molecule has 0 unspecified atom stereocenters. The van der Waals surface area contributed by atoms with E-state index in [9.17, 15) is 9.59 Å². The van der Waals surface area contributed by atoms with Crippen molar-refractivity contribution in [1.29, 1.82) is 0 Å². The van der Waals surface area contributed by atoms with Gasteiger partial charge in [-0.05, 0) is 31.9 Å². The number of hydrogen-bond acceptors (Lipinski definition) is 6. The molecule has 0 N–H and O–H groups in total. The van der Waals surface area contributed by atoms with Crippen LogP contribution in [-0.2, 0) is 4.74 Å². The summed E-state index contributed by atoms with van der Waals surface area (Å²) in [5, 5.41) is 8.32. The molecule has 0 bridgehead atoms. The highest BCUT2D eigenvalue weighted by Crippen LogP contribution is 2.27. The fraction of sp³-hybridized carbons (Fsp3) is 0.471. The van der Waals surface area contributed by atoms with Gasteiger partial charge in [-0.1, -0.05) is 24.5 Å². The van der Waals surface area contributed by atoms with Crippen LogP contribution in [0.25, 0.3) is 16.7 Å². The Morgan fingerprint density at radius 3 is 2.88 bits per heavy atom. The van der Waals surface area contributed by atoms with Crippen LogP contribution in [0, 0.1) is 0 Å². The van der Waals surface area contributed by atoms with Crippen LogP contribution in [0.2, 0.25) is 0 Å². The van der Waals surface area contributed by atoms with Gasteiger partial charge < -0.3 is 4.74 Å². The normalized spacial score (nSPS) is 15.7. The minimum Gasteiger partial charge on any atom is -0.462 e. The number of carbonyl (C=O) groups excluding carboxylic acids is 1. The molecule has 0 spiro atoms. The molecule has 0 saturated heterocycles. The summed E-state index contributed by atoms with van der Waals surface area (Å²) in [5.74, 6) is -0.544. The third-order valence-corrected chi connectivity index (χ3v) is 4.72. The van der Waals surface area contributed by atoms with Crippen LogP contribution in [0.15, 0.2) is 23.1 Å². The molecule has 1 aliphatic carbocycles. The first kappa shape index (κ1) is 15.7. The lowest BCUT2D eigenvalue weighted by Gasteiger charge is -2.21. The van der Waals surface area contributed by atoms with Crippen molar-refractivity contribution < 1.29 is 9.53 Å². The standard InChI is InChI=1S/C17H19N5O3/c1-2-25-16(23)13-14-12(9-6-10-18-14)21-15(13)19-20-22(17(21)24)11-7-4-3-5-8-11/h6,9-11H,2-5,7-8H2,1H3. The first-order valence-corrected chi connectivity index (χ1v) is 8.64. The monoisotopic (exact) mass is 341 g/mol. The van der Waals surface area contributed by atoms with E-state index >= 15 is 0 Å². The van der Waals surface area contributed by atoms with E-state index in [1.165, 1.54) is 15.5 Å². The average Bonchev–Trinajstić information content (AvgIpc) is 2.98. The van der Waals surface area contributed by atoms with Crippen molar-refractivity contribution in [2.75, 3.05) is 6.61 Å². The molecule has 3 aromatic heterocycles. The second kappa shape index (κ2) is 6.27. The Kier molecular flexibility index (Phi) is 3.95. The lowest BCUT2D eigenvalue weighted by Crippen LogP contribution is -2.34. The summed E-state index contributed by atoms with van der Waals surface area (Å²) in [4.78, 5) is 29.7. The van der Waals surface area contributed by atoms with Gasteiger partial charge in [-0.3, -0.25) is 4.98 Å². The van der Waals surface area contributed by atoms with Crippen molar-refractivity contribution >= 4 is 22.6 Å². The first-order valence-electron chi connectivity index (χ1n) is 8.64. The molecule has 1 aliphatic rings. The average molecular weight is 341 g/mol. The molecule has 130 valence electrons. The van der Waals surface area contributed by atoms with Crippen molar-refractivity contribution in [2.24, 2.45) is 0 Å². The number of fused-ring (bicyclic) bond motifs is 3. The van der Waals surface area contributed by atoms with Gasteiger partial charge in [0.2, 0.25) is 0 Å². The molecule has 4 rings (SSSR count). The Morgan fingerprint density at radius 2 is 2.12 bits per heavy atom. The Balaban J connectivity index is 1.99. The highest BCUT2D eigenvalue weighted by atomic mass is 16.5. The molecule has 0 aromatic carbocycles. The summed E-state index contributed by atoms with van der Waals surface area (Å²) < 4.78 is 8.00. The third kappa shape index (κ3) is 2.48. The Morgan fingerprint density at radius 1 is 1.32 bits per heavy atom. The van der Waals surface area contributed by atoms with Crippen molar-refractivity contribution in [1.82, 2.24) is 24.4 Å². The van der Waals surface area contributed by atoms with Crippen molar-refractivity contribution in [3.05, 3.63) is 34.4 Å². The molecular formula is C17H19N5O3. The molecule has 8 heteroatoms. The second-order valence-electron chi connectivity index (χ2n) is 6.23. The number of esters is 1. The number of hydrogen-bond donors (Lipinski definition) is 0. The van der Waals surface area contributed by atoms with Gasteiger partial charge in [0, 0.05) is 6.20 Å². The van der Waals surface area contributed by atoms with Gasteiger partial charge in [-0.25, -0.2) is 14.0 Å². The zero-order valence-corrected chi connectivity index (χ0v) is 14.0. The molecule has 0 aliphatic heterocycles. The van der Waals surface area contributed by atoms with E-state index in [1.54, 1.807) is 25.3 Å². The quantitative estimate of drug-likeness (QED) is 0.678. The minimum absolute atomic E-state index is 0.0540. The van der Waals surface area contributed by atoms with Gasteiger partial charge in [0.1, 0.15) is 11.1 Å². The summed E-state index contributed by atoms with van der Waals surface area (Å²) >= 11 is 0. The molecule has 0 radical (unpaired) electrons. The SMILES string of the molecule is CCOC(=O)c1c2ncccc2n2c(=O)n(C3CCCCC3)nnc12. The van der Waals surface area contributed by atoms with Crippen LogP contribution in [0.3, 0.4) is 0 Å². The molecule has 3 heterocycles. The molecule has 1 saturated carbocycles. The zero-order chi connectivity index (χ0) is 17.4. The van der Waals surface area contributed by atoms with Crippen molar-refractivity contribution in [3.8, 4) is 0 Å². The van der Waals surface area contributed by atoms with Gasteiger partial charge in [0.05, 0.1) is 18.2 Å².